The minimum Gasteiger partial charge on any atom is -0.492 e. The predicted octanol–water partition coefficient (Wildman–Crippen LogP) is 4.67. The second-order valence-electron chi connectivity index (χ2n) is 4.41. The fourth-order valence-corrected chi connectivity index (χ4v) is 2.43. The van der Waals surface area contributed by atoms with Gasteiger partial charge in [0.25, 0.3) is 0 Å². The molecule has 0 saturated heterocycles. The maximum atomic E-state index is 6.19. The average molecular weight is 314 g/mol. The third-order valence-corrected chi connectivity index (χ3v) is 3.23. The van der Waals surface area contributed by atoms with Gasteiger partial charge in [-0.1, -0.05) is 30.1 Å². The molecule has 0 radical (unpaired) electrons. The van der Waals surface area contributed by atoms with Crippen molar-refractivity contribution < 1.29 is 9.15 Å². The Balaban J connectivity index is 2.04. The maximum Gasteiger partial charge on any atom is 0.142 e. The maximum absolute atomic E-state index is 6.19. The molecule has 1 aromatic heterocycles. The number of hydrogen-bond donors (Lipinski definition) is 1. The number of ether oxygens (including phenoxy) is 1. The highest BCUT2D eigenvalue weighted by Crippen LogP contribution is 2.32. The lowest BCUT2D eigenvalue weighted by Crippen LogP contribution is -2.13. The molecule has 0 saturated carbocycles. The molecule has 20 heavy (non-hydrogen) atoms. The molecule has 0 bridgehead atoms. The summed E-state index contributed by atoms with van der Waals surface area (Å²) in [6, 6.07) is 7.35. The van der Waals surface area contributed by atoms with Crippen LogP contribution in [0.15, 0.2) is 34.9 Å². The van der Waals surface area contributed by atoms with Crippen LogP contribution in [-0.2, 0) is 13.1 Å². The monoisotopic (exact) mass is 313 g/mol. The molecular weight excluding hydrogens is 297 g/mol. The van der Waals surface area contributed by atoms with Crippen molar-refractivity contribution in [2.45, 2.75) is 26.4 Å². The van der Waals surface area contributed by atoms with Crippen molar-refractivity contribution in [3.05, 3.63) is 51.9 Å². The van der Waals surface area contributed by atoms with E-state index in [1.54, 1.807) is 12.3 Å². The van der Waals surface area contributed by atoms with Gasteiger partial charge >= 0.3 is 0 Å². The molecule has 0 unspecified atom stereocenters. The lowest BCUT2D eigenvalue weighted by atomic mass is 10.2. The molecule has 108 valence electrons. The summed E-state index contributed by atoms with van der Waals surface area (Å²) in [4.78, 5) is 0. The van der Waals surface area contributed by atoms with Crippen molar-refractivity contribution in [3.8, 4) is 5.75 Å². The van der Waals surface area contributed by atoms with Crippen LogP contribution >= 0.6 is 23.2 Å². The molecule has 0 spiro atoms. The summed E-state index contributed by atoms with van der Waals surface area (Å²) < 4.78 is 11.0. The molecule has 3 nitrogen and oxygen atoms in total. The number of nitrogens with one attached hydrogen (secondary N) is 1. The molecular formula is C15H17Cl2NO2. The molecule has 1 aromatic carbocycles. The molecule has 2 rings (SSSR count). The van der Waals surface area contributed by atoms with E-state index in [9.17, 15) is 0 Å². The second kappa shape index (κ2) is 7.58. The highest BCUT2D eigenvalue weighted by molar-refractivity contribution is 6.35. The van der Waals surface area contributed by atoms with Crippen LogP contribution in [0.4, 0.5) is 0 Å². The van der Waals surface area contributed by atoms with Crippen molar-refractivity contribution in [1.29, 1.82) is 0 Å². The van der Waals surface area contributed by atoms with Crippen LogP contribution in [0.25, 0.3) is 0 Å². The lowest BCUT2D eigenvalue weighted by molar-refractivity contribution is 0.313. The fraction of sp³-hybridized carbons (Fsp3) is 0.333. The van der Waals surface area contributed by atoms with E-state index in [0.29, 0.717) is 35.5 Å². The van der Waals surface area contributed by atoms with E-state index in [2.05, 4.69) is 12.2 Å². The minimum absolute atomic E-state index is 0.542. The van der Waals surface area contributed by atoms with E-state index < -0.39 is 0 Å². The van der Waals surface area contributed by atoms with Crippen molar-refractivity contribution in [3.63, 3.8) is 0 Å². The van der Waals surface area contributed by atoms with Gasteiger partial charge in [0.15, 0.2) is 0 Å². The standard InChI is InChI=1S/C15H17Cl2NO2/c1-2-5-20-15-11(7-12(16)8-14(15)17)9-18-10-13-4-3-6-19-13/h3-4,6-8,18H,2,5,9-10H2,1H3. The third-order valence-electron chi connectivity index (χ3n) is 2.73. The van der Waals surface area contributed by atoms with E-state index >= 15 is 0 Å². The van der Waals surface area contributed by atoms with Gasteiger partial charge in [0.05, 0.1) is 24.4 Å². The first-order chi connectivity index (χ1) is 9.70. The van der Waals surface area contributed by atoms with Gasteiger partial charge in [0, 0.05) is 17.1 Å². The van der Waals surface area contributed by atoms with Crippen molar-refractivity contribution >= 4 is 23.2 Å². The largest absolute Gasteiger partial charge is 0.492 e. The van der Waals surface area contributed by atoms with E-state index in [4.69, 9.17) is 32.4 Å². The van der Waals surface area contributed by atoms with Crippen molar-refractivity contribution in [2.24, 2.45) is 0 Å². The Morgan fingerprint density at radius 1 is 1.25 bits per heavy atom. The summed E-state index contributed by atoms with van der Waals surface area (Å²) in [6.45, 7) is 3.94. The van der Waals surface area contributed by atoms with Gasteiger partial charge in [-0.05, 0) is 30.7 Å². The fourth-order valence-electron chi connectivity index (χ4n) is 1.84. The average Bonchev–Trinajstić information content (AvgIpc) is 2.91. The third kappa shape index (κ3) is 4.17. The Hall–Kier alpha value is -1.16. The van der Waals surface area contributed by atoms with Crippen LogP contribution in [0.1, 0.15) is 24.7 Å². The van der Waals surface area contributed by atoms with Crippen LogP contribution in [0.2, 0.25) is 10.0 Å². The van der Waals surface area contributed by atoms with Gasteiger partial charge in [0.2, 0.25) is 0 Å². The Labute approximate surface area is 128 Å². The molecule has 2 aromatic rings. The quantitative estimate of drug-likeness (QED) is 0.807. The van der Waals surface area contributed by atoms with Gasteiger partial charge in [-0.3, -0.25) is 0 Å². The lowest BCUT2D eigenvalue weighted by Gasteiger charge is -2.13. The number of halogens is 2. The topological polar surface area (TPSA) is 34.4 Å². The van der Waals surface area contributed by atoms with Gasteiger partial charge in [-0.15, -0.1) is 0 Å². The summed E-state index contributed by atoms with van der Waals surface area (Å²) in [6.07, 6.45) is 2.58. The van der Waals surface area contributed by atoms with E-state index in [1.165, 1.54) is 0 Å². The highest BCUT2D eigenvalue weighted by atomic mass is 35.5. The molecule has 1 N–H and O–H groups in total. The smallest absolute Gasteiger partial charge is 0.142 e. The van der Waals surface area contributed by atoms with E-state index in [1.807, 2.05) is 18.2 Å². The molecule has 0 fully saturated rings. The summed E-state index contributed by atoms with van der Waals surface area (Å²) in [5, 5.41) is 4.43. The highest BCUT2D eigenvalue weighted by Gasteiger charge is 2.10. The van der Waals surface area contributed by atoms with E-state index in [-0.39, 0.29) is 0 Å². The molecule has 5 heteroatoms. The SMILES string of the molecule is CCCOc1c(Cl)cc(Cl)cc1CNCc1ccco1. The van der Waals surface area contributed by atoms with Gasteiger partial charge in [0.1, 0.15) is 11.5 Å². The van der Waals surface area contributed by atoms with Crippen molar-refractivity contribution in [1.82, 2.24) is 5.32 Å². The van der Waals surface area contributed by atoms with Crippen LogP contribution in [0.3, 0.4) is 0 Å². The summed E-state index contributed by atoms with van der Waals surface area (Å²) in [7, 11) is 0. The Bertz CT molecular complexity index is 541. The first kappa shape index (κ1) is 15.2. The molecule has 0 atom stereocenters. The second-order valence-corrected chi connectivity index (χ2v) is 5.25. The first-order valence-corrected chi connectivity index (χ1v) is 7.30. The number of hydrogen-bond acceptors (Lipinski definition) is 3. The molecule has 0 aliphatic carbocycles. The zero-order valence-electron chi connectivity index (χ0n) is 11.3. The Kier molecular flexibility index (Phi) is 5.77. The summed E-state index contributed by atoms with van der Waals surface area (Å²) >= 11 is 12.2. The zero-order chi connectivity index (χ0) is 14.4. The van der Waals surface area contributed by atoms with Crippen LogP contribution in [0.5, 0.6) is 5.75 Å². The Morgan fingerprint density at radius 2 is 2.10 bits per heavy atom. The first-order valence-electron chi connectivity index (χ1n) is 6.54. The summed E-state index contributed by atoms with van der Waals surface area (Å²) in [5.41, 5.74) is 0.947. The van der Waals surface area contributed by atoms with Gasteiger partial charge < -0.3 is 14.5 Å². The summed E-state index contributed by atoms with van der Waals surface area (Å²) in [5.74, 6) is 1.58. The zero-order valence-corrected chi connectivity index (χ0v) is 12.8. The van der Waals surface area contributed by atoms with Gasteiger partial charge in [-0.2, -0.15) is 0 Å². The Morgan fingerprint density at radius 3 is 2.80 bits per heavy atom. The number of rotatable bonds is 7. The molecule has 0 amide bonds. The van der Waals surface area contributed by atoms with Crippen LogP contribution < -0.4 is 10.1 Å². The molecule has 0 aliphatic rings. The molecule has 0 aliphatic heterocycles. The number of furan rings is 1. The number of benzene rings is 1. The van der Waals surface area contributed by atoms with Crippen molar-refractivity contribution in [2.75, 3.05) is 6.61 Å². The van der Waals surface area contributed by atoms with Crippen LogP contribution in [-0.4, -0.2) is 6.61 Å². The minimum atomic E-state index is 0.542. The predicted molar refractivity (Wildman–Crippen MR) is 81.5 cm³/mol. The van der Waals surface area contributed by atoms with Gasteiger partial charge in [-0.25, -0.2) is 0 Å². The van der Waals surface area contributed by atoms with Crippen LogP contribution in [0, 0.1) is 0 Å². The van der Waals surface area contributed by atoms with E-state index in [0.717, 1.165) is 17.7 Å². The molecule has 1 heterocycles. The normalized spacial score (nSPS) is 10.8.